The van der Waals surface area contributed by atoms with Crippen LogP contribution in [0.15, 0.2) is 17.5 Å². The van der Waals surface area contributed by atoms with Gasteiger partial charge in [0.25, 0.3) is 0 Å². The van der Waals surface area contributed by atoms with Crippen LogP contribution in [0.1, 0.15) is 24.8 Å². The highest BCUT2D eigenvalue weighted by Crippen LogP contribution is 2.33. The third-order valence-corrected chi connectivity index (χ3v) is 4.84. The van der Waals surface area contributed by atoms with Crippen LogP contribution in [0.3, 0.4) is 0 Å². The monoisotopic (exact) mass is 213 g/mol. The largest absolute Gasteiger partial charge is 0.305 e. The van der Waals surface area contributed by atoms with E-state index in [1.54, 1.807) is 0 Å². The number of thioether (sulfide) groups is 1. The van der Waals surface area contributed by atoms with Crippen molar-refractivity contribution in [3.05, 3.63) is 22.4 Å². The molecule has 3 unspecified atom stereocenters. The smallest absolute Gasteiger partial charge is 0.0534 e. The minimum absolute atomic E-state index is 0.564. The zero-order valence-corrected chi connectivity index (χ0v) is 9.62. The molecule has 0 amide bonds. The van der Waals surface area contributed by atoms with E-state index < -0.39 is 0 Å². The summed E-state index contributed by atoms with van der Waals surface area (Å²) >= 11 is 3.94. The first-order valence-electron chi connectivity index (χ1n) is 4.68. The van der Waals surface area contributed by atoms with Crippen molar-refractivity contribution in [2.24, 2.45) is 0 Å². The number of nitrogens with one attached hydrogen (secondary N) is 1. The maximum Gasteiger partial charge on any atom is 0.0534 e. The summed E-state index contributed by atoms with van der Waals surface area (Å²) in [4.78, 5) is 1.48. The molecule has 0 spiro atoms. The molecule has 1 N–H and O–H groups in total. The molecule has 3 heteroatoms. The third-order valence-electron chi connectivity index (χ3n) is 2.39. The van der Waals surface area contributed by atoms with Crippen LogP contribution in [-0.2, 0) is 0 Å². The van der Waals surface area contributed by atoms with Crippen molar-refractivity contribution in [2.75, 3.05) is 5.75 Å². The molecule has 13 heavy (non-hydrogen) atoms. The molecule has 1 saturated heterocycles. The Labute approximate surface area is 87.9 Å². The fourth-order valence-corrected chi connectivity index (χ4v) is 3.75. The van der Waals surface area contributed by atoms with E-state index in [-0.39, 0.29) is 0 Å². The van der Waals surface area contributed by atoms with Crippen LogP contribution in [0.5, 0.6) is 0 Å². The predicted molar refractivity (Wildman–Crippen MR) is 61.6 cm³/mol. The maximum atomic E-state index is 3.66. The summed E-state index contributed by atoms with van der Waals surface area (Å²) in [6.45, 7) is 4.58. The Kier molecular flexibility index (Phi) is 2.96. The summed E-state index contributed by atoms with van der Waals surface area (Å²) in [5.41, 5.74) is 0. The molecule has 2 heterocycles. The van der Waals surface area contributed by atoms with E-state index >= 15 is 0 Å². The molecule has 2 rings (SSSR count). The van der Waals surface area contributed by atoms with Crippen LogP contribution in [-0.4, -0.2) is 17.0 Å². The number of thiophene rings is 1. The fourth-order valence-electron chi connectivity index (χ4n) is 1.66. The lowest BCUT2D eigenvalue weighted by Gasteiger charge is -2.33. The van der Waals surface area contributed by atoms with Gasteiger partial charge >= 0.3 is 0 Å². The fraction of sp³-hybridized carbons (Fsp3) is 0.600. The summed E-state index contributed by atoms with van der Waals surface area (Å²) < 4.78 is 0. The van der Waals surface area contributed by atoms with Gasteiger partial charge < -0.3 is 5.32 Å². The average Bonchev–Trinajstić information content (AvgIpc) is 2.61. The molecule has 0 bridgehead atoms. The van der Waals surface area contributed by atoms with Crippen molar-refractivity contribution in [3.63, 3.8) is 0 Å². The van der Waals surface area contributed by atoms with Crippen molar-refractivity contribution in [1.29, 1.82) is 0 Å². The van der Waals surface area contributed by atoms with Crippen molar-refractivity contribution < 1.29 is 0 Å². The lowest BCUT2D eigenvalue weighted by molar-refractivity contribution is 0.467. The van der Waals surface area contributed by atoms with Crippen molar-refractivity contribution in [1.82, 2.24) is 5.32 Å². The molecule has 1 aliphatic rings. The zero-order valence-electron chi connectivity index (χ0n) is 7.99. The van der Waals surface area contributed by atoms with Crippen LogP contribution in [0.2, 0.25) is 0 Å². The van der Waals surface area contributed by atoms with E-state index in [0.717, 1.165) is 0 Å². The molecule has 1 nitrogen and oxygen atoms in total. The van der Waals surface area contributed by atoms with Crippen LogP contribution >= 0.6 is 23.1 Å². The Bertz CT molecular complexity index is 258. The standard InChI is InChI=1S/C10H15NS2/c1-7-6-13-8(2)10(11-7)9-4-3-5-12-9/h3-5,7-8,10-11H,6H2,1-2H3. The molecule has 3 atom stereocenters. The molecule has 0 aliphatic carbocycles. The van der Waals surface area contributed by atoms with E-state index in [9.17, 15) is 0 Å². The number of hydrogen-bond donors (Lipinski definition) is 1. The summed E-state index contributed by atoms with van der Waals surface area (Å²) in [7, 11) is 0. The van der Waals surface area contributed by atoms with Gasteiger partial charge in [-0.1, -0.05) is 13.0 Å². The van der Waals surface area contributed by atoms with E-state index in [0.29, 0.717) is 17.3 Å². The summed E-state index contributed by atoms with van der Waals surface area (Å²) in [5.74, 6) is 1.24. The van der Waals surface area contributed by atoms with Gasteiger partial charge in [-0.25, -0.2) is 0 Å². The SMILES string of the molecule is CC1CSC(C)C(c2cccs2)N1. The normalized spacial score (nSPS) is 34.8. The first-order chi connectivity index (χ1) is 6.27. The van der Waals surface area contributed by atoms with Gasteiger partial charge in [-0.15, -0.1) is 11.3 Å². The molecular weight excluding hydrogens is 198 g/mol. The zero-order chi connectivity index (χ0) is 9.26. The highest BCUT2D eigenvalue weighted by Gasteiger charge is 2.26. The van der Waals surface area contributed by atoms with Gasteiger partial charge in [0.15, 0.2) is 0 Å². The van der Waals surface area contributed by atoms with E-state index in [1.807, 2.05) is 11.3 Å². The van der Waals surface area contributed by atoms with Crippen LogP contribution < -0.4 is 5.32 Å². The lowest BCUT2D eigenvalue weighted by atomic mass is 10.1. The second-order valence-electron chi connectivity index (χ2n) is 3.60. The molecule has 72 valence electrons. The third kappa shape index (κ3) is 2.09. The first kappa shape index (κ1) is 9.56. The average molecular weight is 213 g/mol. The van der Waals surface area contributed by atoms with Gasteiger partial charge in [-0.2, -0.15) is 11.8 Å². The van der Waals surface area contributed by atoms with Gasteiger partial charge in [0.1, 0.15) is 0 Å². The van der Waals surface area contributed by atoms with Gasteiger partial charge in [-0.3, -0.25) is 0 Å². The minimum Gasteiger partial charge on any atom is -0.305 e. The van der Waals surface area contributed by atoms with Gasteiger partial charge in [0, 0.05) is 21.9 Å². The predicted octanol–water partition coefficient (Wildman–Crippen LogP) is 2.90. The molecular formula is C10H15NS2. The second kappa shape index (κ2) is 4.03. The Morgan fingerprint density at radius 1 is 1.46 bits per heavy atom. The van der Waals surface area contributed by atoms with E-state index in [1.165, 1.54) is 10.6 Å². The Balaban J connectivity index is 2.12. The van der Waals surface area contributed by atoms with Gasteiger partial charge in [0.05, 0.1) is 6.04 Å². The van der Waals surface area contributed by atoms with Crippen LogP contribution in [0.4, 0.5) is 0 Å². The van der Waals surface area contributed by atoms with Crippen molar-refractivity contribution in [2.45, 2.75) is 31.2 Å². The van der Waals surface area contributed by atoms with Crippen molar-refractivity contribution >= 4 is 23.1 Å². The summed E-state index contributed by atoms with van der Waals surface area (Å²) in [6, 6.07) is 5.58. The molecule has 0 aromatic carbocycles. The van der Waals surface area contributed by atoms with Crippen molar-refractivity contribution in [3.8, 4) is 0 Å². The Morgan fingerprint density at radius 3 is 3.00 bits per heavy atom. The van der Waals surface area contributed by atoms with Gasteiger partial charge in [-0.05, 0) is 18.4 Å². The lowest BCUT2D eigenvalue weighted by Crippen LogP contribution is -2.41. The summed E-state index contributed by atoms with van der Waals surface area (Å²) in [6.07, 6.45) is 0. The van der Waals surface area contributed by atoms with Crippen LogP contribution in [0, 0.1) is 0 Å². The molecule has 1 aromatic heterocycles. The van der Waals surface area contributed by atoms with E-state index in [4.69, 9.17) is 0 Å². The highest BCUT2D eigenvalue weighted by molar-refractivity contribution is 8.00. The molecule has 0 radical (unpaired) electrons. The second-order valence-corrected chi connectivity index (χ2v) is 5.99. The Morgan fingerprint density at radius 2 is 2.31 bits per heavy atom. The topological polar surface area (TPSA) is 12.0 Å². The molecule has 1 aromatic rings. The first-order valence-corrected chi connectivity index (χ1v) is 6.61. The summed E-state index contributed by atoms with van der Waals surface area (Å²) in [5, 5.41) is 6.52. The molecule has 1 fully saturated rings. The quantitative estimate of drug-likeness (QED) is 0.770. The van der Waals surface area contributed by atoms with Gasteiger partial charge in [0.2, 0.25) is 0 Å². The molecule has 0 saturated carbocycles. The highest BCUT2D eigenvalue weighted by atomic mass is 32.2. The Hall–Kier alpha value is 0.01000. The van der Waals surface area contributed by atoms with Crippen LogP contribution in [0.25, 0.3) is 0 Å². The maximum absolute atomic E-state index is 3.66. The number of hydrogen-bond acceptors (Lipinski definition) is 3. The minimum atomic E-state index is 0.564. The van der Waals surface area contributed by atoms with E-state index in [2.05, 4.69) is 48.4 Å². The molecule has 1 aliphatic heterocycles. The number of rotatable bonds is 1.